The van der Waals surface area contributed by atoms with Gasteiger partial charge in [-0.25, -0.2) is 13.4 Å². The summed E-state index contributed by atoms with van der Waals surface area (Å²) in [4.78, 5) is 12.7. The van der Waals surface area contributed by atoms with Crippen LogP contribution in [0.3, 0.4) is 0 Å². The quantitative estimate of drug-likeness (QED) is 0.901. The third kappa shape index (κ3) is 2.96. The number of rotatable bonds is 4. The van der Waals surface area contributed by atoms with Gasteiger partial charge in [0.25, 0.3) is 0 Å². The molecule has 2 atom stereocenters. The number of hydrogen-bond donors (Lipinski definition) is 1. The van der Waals surface area contributed by atoms with Gasteiger partial charge in [0.1, 0.15) is 5.82 Å². The minimum absolute atomic E-state index is 0.0866. The first kappa shape index (κ1) is 16.1. The van der Waals surface area contributed by atoms with E-state index in [1.807, 2.05) is 24.3 Å². The molecule has 130 valence electrons. The first-order chi connectivity index (χ1) is 11.6. The Morgan fingerprint density at radius 2 is 1.88 bits per heavy atom. The molecule has 0 saturated carbocycles. The fourth-order valence-electron chi connectivity index (χ4n) is 4.13. The Morgan fingerprint density at radius 3 is 2.62 bits per heavy atom. The second-order valence-electron chi connectivity index (χ2n) is 6.92. The van der Waals surface area contributed by atoms with Gasteiger partial charge in [-0.2, -0.15) is 0 Å². The Kier molecular flexibility index (Phi) is 4.10. The van der Waals surface area contributed by atoms with Crippen molar-refractivity contribution in [2.45, 2.75) is 32.0 Å². The second kappa shape index (κ2) is 6.13. The fourth-order valence-corrected chi connectivity index (χ4v) is 6.17. The molecule has 1 aromatic heterocycles. The van der Waals surface area contributed by atoms with Gasteiger partial charge in [-0.15, -0.1) is 0 Å². The number of nitrogens with one attached hydrogen (secondary N) is 1. The molecule has 2 aliphatic rings. The zero-order valence-electron chi connectivity index (χ0n) is 14.0. The van der Waals surface area contributed by atoms with Crippen LogP contribution >= 0.6 is 0 Å². The maximum atomic E-state index is 12.2. The first-order valence-corrected chi connectivity index (χ1v) is 10.5. The molecule has 3 heterocycles. The van der Waals surface area contributed by atoms with Gasteiger partial charge in [0.15, 0.2) is 9.84 Å². The lowest BCUT2D eigenvalue weighted by atomic mass is 10.0. The van der Waals surface area contributed by atoms with Gasteiger partial charge >= 0.3 is 0 Å². The van der Waals surface area contributed by atoms with Gasteiger partial charge in [0, 0.05) is 25.2 Å². The van der Waals surface area contributed by atoms with Gasteiger partial charge in [0.05, 0.1) is 29.1 Å². The number of nitrogens with zero attached hydrogens (tertiary/aromatic N) is 3. The molecule has 1 N–H and O–H groups in total. The molecule has 2 saturated heterocycles. The molecule has 7 heteroatoms. The highest BCUT2D eigenvalue weighted by Crippen LogP contribution is 2.28. The predicted octanol–water partition coefficient (Wildman–Crippen LogP) is 1.26. The largest absolute Gasteiger partial charge is 0.341 e. The second-order valence-corrected chi connectivity index (χ2v) is 9.07. The Bertz CT molecular complexity index is 799. The van der Waals surface area contributed by atoms with E-state index >= 15 is 0 Å². The van der Waals surface area contributed by atoms with Gasteiger partial charge in [-0.05, 0) is 25.1 Å². The highest BCUT2D eigenvalue weighted by atomic mass is 32.2. The Morgan fingerprint density at radius 1 is 1.17 bits per heavy atom. The fraction of sp³-hybridized carbons (Fsp3) is 0.588. The van der Waals surface area contributed by atoms with Crippen LogP contribution in [-0.4, -0.2) is 71.4 Å². The van der Waals surface area contributed by atoms with Crippen LogP contribution in [-0.2, 0) is 16.4 Å². The zero-order chi connectivity index (χ0) is 16.7. The van der Waals surface area contributed by atoms with Crippen molar-refractivity contribution < 1.29 is 8.42 Å². The van der Waals surface area contributed by atoms with E-state index in [0.717, 1.165) is 42.9 Å². The predicted molar refractivity (Wildman–Crippen MR) is 94.6 cm³/mol. The molecule has 0 aliphatic carbocycles. The average molecular weight is 348 g/mol. The summed E-state index contributed by atoms with van der Waals surface area (Å²) in [6.07, 6.45) is 1.06. The Labute approximate surface area is 142 Å². The lowest BCUT2D eigenvalue weighted by molar-refractivity contribution is 0.0392. The summed E-state index contributed by atoms with van der Waals surface area (Å²) < 4.78 is 24.4. The third-order valence-electron chi connectivity index (χ3n) is 5.21. The van der Waals surface area contributed by atoms with Gasteiger partial charge in [0.2, 0.25) is 0 Å². The molecule has 0 unspecified atom stereocenters. The highest BCUT2D eigenvalue weighted by molar-refractivity contribution is 7.91. The number of fused-ring (bicyclic) bond motifs is 2. The maximum Gasteiger partial charge on any atom is 0.153 e. The minimum Gasteiger partial charge on any atom is -0.341 e. The minimum atomic E-state index is -2.94. The van der Waals surface area contributed by atoms with Crippen molar-refractivity contribution in [3.63, 3.8) is 0 Å². The van der Waals surface area contributed by atoms with Crippen LogP contribution in [0.15, 0.2) is 24.3 Å². The Balaban J connectivity index is 1.57. The van der Waals surface area contributed by atoms with E-state index in [2.05, 4.69) is 26.7 Å². The van der Waals surface area contributed by atoms with Crippen molar-refractivity contribution in [2.24, 2.45) is 0 Å². The molecule has 0 bridgehead atoms. The normalized spacial score (nSPS) is 27.5. The van der Waals surface area contributed by atoms with E-state index in [-0.39, 0.29) is 17.8 Å². The third-order valence-corrected chi connectivity index (χ3v) is 6.91. The van der Waals surface area contributed by atoms with Crippen LogP contribution in [0.5, 0.6) is 0 Å². The van der Waals surface area contributed by atoms with Crippen LogP contribution in [0.4, 0.5) is 0 Å². The number of imidazole rings is 1. The Hall–Kier alpha value is -1.44. The number of H-pyrrole nitrogens is 1. The molecule has 2 aliphatic heterocycles. The molecule has 0 amide bonds. The zero-order valence-corrected chi connectivity index (χ0v) is 14.8. The highest BCUT2D eigenvalue weighted by Gasteiger charge is 2.46. The molecule has 6 nitrogen and oxygen atoms in total. The molecule has 1 aromatic carbocycles. The number of hydrogen-bond acceptors (Lipinski definition) is 5. The average Bonchev–Trinajstić information content (AvgIpc) is 3.09. The van der Waals surface area contributed by atoms with Crippen molar-refractivity contribution in [1.29, 1.82) is 0 Å². The molecular formula is C17H24N4O2S. The van der Waals surface area contributed by atoms with E-state index in [1.54, 1.807) is 0 Å². The topological polar surface area (TPSA) is 69.3 Å². The summed E-state index contributed by atoms with van der Waals surface area (Å²) in [7, 11) is -2.94. The molecule has 4 rings (SSSR count). The summed E-state index contributed by atoms with van der Waals surface area (Å²) in [6, 6.07) is 8.21. The smallest absolute Gasteiger partial charge is 0.153 e. The van der Waals surface area contributed by atoms with Crippen LogP contribution in [0.1, 0.15) is 19.2 Å². The maximum absolute atomic E-state index is 12.2. The molecule has 0 spiro atoms. The van der Waals surface area contributed by atoms with Crippen molar-refractivity contribution in [2.75, 3.05) is 31.1 Å². The molecule has 2 aromatic rings. The lowest BCUT2D eigenvalue weighted by Crippen LogP contribution is -2.58. The standard InChI is InChI=1S/C17H24N4O2S/c1-2-7-20-8-9-21(16-12-24(22,23)11-15(16)20)10-17-18-13-5-3-4-6-14(13)19-17/h3-6,15-16H,2,7-12H2,1H3,(H,18,19)/t15-,16+/m0/s1. The van der Waals surface area contributed by atoms with E-state index in [1.165, 1.54) is 0 Å². The van der Waals surface area contributed by atoms with Gasteiger partial charge in [-0.1, -0.05) is 19.1 Å². The molecule has 24 heavy (non-hydrogen) atoms. The summed E-state index contributed by atoms with van der Waals surface area (Å²) >= 11 is 0. The van der Waals surface area contributed by atoms with Crippen molar-refractivity contribution >= 4 is 20.9 Å². The van der Waals surface area contributed by atoms with Crippen molar-refractivity contribution in [3.05, 3.63) is 30.1 Å². The summed E-state index contributed by atoms with van der Waals surface area (Å²) in [5, 5.41) is 0. The molecule has 0 radical (unpaired) electrons. The van der Waals surface area contributed by atoms with E-state index in [0.29, 0.717) is 12.3 Å². The van der Waals surface area contributed by atoms with Crippen molar-refractivity contribution in [1.82, 2.24) is 19.8 Å². The number of aromatic nitrogens is 2. The monoisotopic (exact) mass is 348 g/mol. The van der Waals surface area contributed by atoms with E-state index in [4.69, 9.17) is 0 Å². The van der Waals surface area contributed by atoms with E-state index < -0.39 is 9.84 Å². The number of benzene rings is 1. The van der Waals surface area contributed by atoms with Gasteiger partial charge in [-0.3, -0.25) is 9.80 Å². The lowest BCUT2D eigenvalue weighted by Gasteiger charge is -2.43. The first-order valence-electron chi connectivity index (χ1n) is 8.68. The van der Waals surface area contributed by atoms with Gasteiger partial charge < -0.3 is 4.98 Å². The van der Waals surface area contributed by atoms with Crippen LogP contribution in [0.2, 0.25) is 0 Å². The van der Waals surface area contributed by atoms with E-state index in [9.17, 15) is 8.42 Å². The SMILES string of the molecule is CCCN1CCN(Cc2nc3ccccc3[nH]2)[C@@H]2CS(=O)(=O)C[C@@H]21. The van der Waals surface area contributed by atoms with Crippen molar-refractivity contribution in [3.8, 4) is 0 Å². The number of sulfone groups is 1. The number of piperazine rings is 1. The number of para-hydroxylation sites is 2. The summed E-state index contributed by atoms with van der Waals surface area (Å²) in [6.45, 7) is 5.65. The summed E-state index contributed by atoms with van der Waals surface area (Å²) in [5.74, 6) is 1.50. The molecular weight excluding hydrogens is 324 g/mol. The summed E-state index contributed by atoms with van der Waals surface area (Å²) in [5.41, 5.74) is 2.00. The van der Waals surface area contributed by atoms with Crippen LogP contribution in [0.25, 0.3) is 11.0 Å². The molecule has 2 fully saturated rings. The van der Waals surface area contributed by atoms with Crippen LogP contribution in [0, 0.1) is 0 Å². The van der Waals surface area contributed by atoms with Crippen LogP contribution < -0.4 is 0 Å². The number of aromatic amines is 1.